The van der Waals surface area contributed by atoms with Gasteiger partial charge < -0.3 is 14.2 Å². The van der Waals surface area contributed by atoms with E-state index in [2.05, 4.69) is 9.97 Å². The zero-order valence-electron chi connectivity index (χ0n) is 13.7. The smallest absolute Gasteiger partial charge is 0.242 e. The van der Waals surface area contributed by atoms with E-state index in [0.717, 1.165) is 11.1 Å². The highest BCUT2D eigenvalue weighted by Crippen LogP contribution is 2.26. The average Bonchev–Trinajstić information content (AvgIpc) is 2.93. The summed E-state index contributed by atoms with van der Waals surface area (Å²) in [7, 11) is 5.01. The summed E-state index contributed by atoms with van der Waals surface area (Å²) in [5.41, 5.74) is 2.17. The second kappa shape index (κ2) is 6.49. The molecule has 0 aliphatic rings. The van der Waals surface area contributed by atoms with Crippen LogP contribution in [0.2, 0.25) is 5.02 Å². The molecular formula is C17H17ClN4O2. The Morgan fingerprint density at radius 2 is 1.88 bits per heavy atom. The molecule has 0 N–H and O–H groups in total. The maximum Gasteiger partial charge on any atom is 0.242 e. The van der Waals surface area contributed by atoms with Gasteiger partial charge in [0.1, 0.15) is 12.4 Å². The van der Waals surface area contributed by atoms with E-state index >= 15 is 0 Å². The summed E-state index contributed by atoms with van der Waals surface area (Å²) >= 11 is 5.97. The van der Waals surface area contributed by atoms with Gasteiger partial charge in [0.2, 0.25) is 11.8 Å². The van der Waals surface area contributed by atoms with E-state index in [1.807, 2.05) is 22.8 Å². The number of amides is 1. The number of carbonyl (C=O) groups excluding carboxylic acids is 1. The molecule has 0 radical (unpaired) electrons. The van der Waals surface area contributed by atoms with Crippen molar-refractivity contribution in [3.8, 4) is 17.3 Å². The number of methoxy groups -OCH3 is 1. The topological polar surface area (TPSA) is 60.3 Å². The normalized spacial score (nSPS) is 10.8. The van der Waals surface area contributed by atoms with E-state index in [1.54, 1.807) is 44.3 Å². The number of benzene rings is 1. The fraction of sp³-hybridized carbons (Fsp3) is 0.235. The molecule has 1 amide bonds. The molecule has 0 aliphatic carbocycles. The number of likely N-dealkylation sites (N-methyl/N-ethyl adjacent to an activating group) is 1. The Kier molecular flexibility index (Phi) is 4.40. The molecule has 3 aromatic rings. The first kappa shape index (κ1) is 16.3. The van der Waals surface area contributed by atoms with Crippen LogP contribution in [0.4, 0.5) is 0 Å². The fourth-order valence-electron chi connectivity index (χ4n) is 2.36. The van der Waals surface area contributed by atoms with Gasteiger partial charge in [0, 0.05) is 30.7 Å². The molecule has 124 valence electrons. The first-order valence-corrected chi connectivity index (χ1v) is 7.74. The number of hydrogen-bond donors (Lipinski definition) is 0. The number of carbonyl (C=O) groups is 1. The number of fused-ring (bicyclic) bond motifs is 1. The van der Waals surface area contributed by atoms with Crippen molar-refractivity contribution in [2.24, 2.45) is 0 Å². The zero-order valence-corrected chi connectivity index (χ0v) is 14.4. The van der Waals surface area contributed by atoms with Gasteiger partial charge in [0.25, 0.3) is 0 Å². The monoisotopic (exact) mass is 344 g/mol. The summed E-state index contributed by atoms with van der Waals surface area (Å²) in [5, 5.41) is 0.644. The summed E-state index contributed by atoms with van der Waals surface area (Å²) in [6, 6.07) is 10.9. The van der Waals surface area contributed by atoms with Gasteiger partial charge in [-0.3, -0.25) is 4.79 Å². The summed E-state index contributed by atoms with van der Waals surface area (Å²) in [4.78, 5) is 22.7. The highest BCUT2D eigenvalue weighted by Gasteiger charge is 2.17. The lowest BCUT2D eigenvalue weighted by molar-refractivity contribution is -0.129. The predicted octanol–water partition coefficient (Wildman–Crippen LogP) is 2.85. The van der Waals surface area contributed by atoms with Crippen LogP contribution in [0.5, 0.6) is 5.88 Å². The molecule has 3 rings (SSSR count). The molecule has 0 saturated carbocycles. The number of rotatable bonds is 4. The molecule has 2 aromatic heterocycles. The first-order chi connectivity index (χ1) is 11.5. The third-order valence-corrected chi connectivity index (χ3v) is 3.94. The Balaban J connectivity index is 2.18. The molecule has 0 aliphatic heterocycles. The number of imidazole rings is 1. The fourth-order valence-corrected chi connectivity index (χ4v) is 2.49. The van der Waals surface area contributed by atoms with E-state index in [9.17, 15) is 4.79 Å². The van der Waals surface area contributed by atoms with Crippen LogP contribution in [0.1, 0.15) is 0 Å². The number of halogens is 1. The van der Waals surface area contributed by atoms with Crippen LogP contribution in [-0.2, 0) is 11.3 Å². The third kappa shape index (κ3) is 3.05. The minimum absolute atomic E-state index is 0.0275. The predicted molar refractivity (Wildman–Crippen MR) is 93.2 cm³/mol. The average molecular weight is 345 g/mol. The van der Waals surface area contributed by atoms with Crippen LogP contribution < -0.4 is 4.74 Å². The highest BCUT2D eigenvalue weighted by molar-refractivity contribution is 6.30. The molecule has 0 atom stereocenters. The van der Waals surface area contributed by atoms with E-state index in [1.165, 1.54) is 0 Å². The number of aromatic nitrogens is 3. The van der Waals surface area contributed by atoms with Gasteiger partial charge in [-0.05, 0) is 30.3 Å². The van der Waals surface area contributed by atoms with Crippen molar-refractivity contribution in [3.63, 3.8) is 0 Å². The highest BCUT2D eigenvalue weighted by atomic mass is 35.5. The summed E-state index contributed by atoms with van der Waals surface area (Å²) < 4.78 is 7.01. The summed E-state index contributed by atoms with van der Waals surface area (Å²) in [6.07, 6.45) is 0. The van der Waals surface area contributed by atoms with E-state index in [-0.39, 0.29) is 12.5 Å². The number of nitrogens with zero attached hydrogens (tertiary/aromatic N) is 4. The van der Waals surface area contributed by atoms with E-state index < -0.39 is 0 Å². The molecular weight excluding hydrogens is 328 g/mol. The minimum atomic E-state index is -0.0275. The van der Waals surface area contributed by atoms with Crippen molar-refractivity contribution in [1.29, 1.82) is 0 Å². The molecule has 0 unspecified atom stereocenters. The van der Waals surface area contributed by atoms with Gasteiger partial charge in [-0.15, -0.1) is 0 Å². The van der Waals surface area contributed by atoms with Crippen molar-refractivity contribution in [2.75, 3.05) is 21.2 Å². The van der Waals surface area contributed by atoms with Gasteiger partial charge in [-0.2, -0.15) is 4.98 Å². The van der Waals surface area contributed by atoms with Crippen molar-refractivity contribution in [2.45, 2.75) is 6.54 Å². The van der Waals surface area contributed by atoms with Gasteiger partial charge in [-0.25, -0.2) is 4.98 Å². The SMILES string of the molecule is COc1ccc2c(n1)nc(-c1ccc(Cl)cc1)n2CC(=O)N(C)C. The second-order valence-corrected chi connectivity index (χ2v) is 5.95. The molecule has 0 spiro atoms. The Hall–Kier alpha value is -2.60. The molecule has 24 heavy (non-hydrogen) atoms. The molecule has 2 heterocycles. The Labute approximate surface area is 144 Å². The van der Waals surface area contributed by atoms with Crippen molar-refractivity contribution in [3.05, 3.63) is 41.4 Å². The quantitative estimate of drug-likeness (QED) is 0.730. The van der Waals surface area contributed by atoms with Gasteiger partial charge >= 0.3 is 0 Å². The lowest BCUT2D eigenvalue weighted by Gasteiger charge is -2.13. The largest absolute Gasteiger partial charge is 0.481 e. The molecule has 6 nitrogen and oxygen atoms in total. The van der Waals surface area contributed by atoms with E-state index in [0.29, 0.717) is 22.4 Å². The van der Waals surface area contributed by atoms with Gasteiger partial charge in [0.05, 0.1) is 12.6 Å². The Bertz CT molecular complexity index is 887. The Morgan fingerprint density at radius 3 is 2.50 bits per heavy atom. The lowest BCUT2D eigenvalue weighted by atomic mass is 10.2. The maximum absolute atomic E-state index is 12.2. The minimum Gasteiger partial charge on any atom is -0.481 e. The number of ether oxygens (including phenoxy) is 1. The number of pyridine rings is 1. The molecule has 7 heteroatoms. The van der Waals surface area contributed by atoms with Crippen LogP contribution in [0, 0.1) is 0 Å². The molecule has 0 bridgehead atoms. The molecule has 0 saturated heterocycles. The van der Waals surface area contributed by atoms with Crippen molar-refractivity contribution in [1.82, 2.24) is 19.4 Å². The standard InChI is InChI=1S/C17H17ClN4O2/c1-21(2)15(23)10-22-13-8-9-14(24-3)19-16(13)20-17(22)11-4-6-12(18)7-5-11/h4-9H,10H2,1-3H3. The first-order valence-electron chi connectivity index (χ1n) is 7.37. The summed E-state index contributed by atoms with van der Waals surface area (Å²) in [5.74, 6) is 1.12. The van der Waals surface area contributed by atoms with Crippen LogP contribution in [-0.4, -0.2) is 46.5 Å². The van der Waals surface area contributed by atoms with Crippen LogP contribution in [0.25, 0.3) is 22.6 Å². The van der Waals surface area contributed by atoms with Crippen LogP contribution >= 0.6 is 11.6 Å². The molecule has 0 fully saturated rings. The maximum atomic E-state index is 12.2. The van der Waals surface area contributed by atoms with Crippen LogP contribution in [0.3, 0.4) is 0 Å². The zero-order chi connectivity index (χ0) is 17.3. The van der Waals surface area contributed by atoms with Crippen LogP contribution in [0.15, 0.2) is 36.4 Å². The van der Waals surface area contributed by atoms with Gasteiger partial charge in [-0.1, -0.05) is 11.6 Å². The van der Waals surface area contributed by atoms with Crippen molar-refractivity contribution < 1.29 is 9.53 Å². The summed E-state index contributed by atoms with van der Waals surface area (Å²) in [6.45, 7) is 0.176. The van der Waals surface area contributed by atoms with E-state index in [4.69, 9.17) is 16.3 Å². The van der Waals surface area contributed by atoms with Crippen molar-refractivity contribution >= 4 is 28.7 Å². The third-order valence-electron chi connectivity index (χ3n) is 3.69. The number of hydrogen-bond acceptors (Lipinski definition) is 4. The van der Waals surface area contributed by atoms with Gasteiger partial charge in [0.15, 0.2) is 5.65 Å². The molecule has 1 aromatic carbocycles. The second-order valence-electron chi connectivity index (χ2n) is 5.51. The lowest BCUT2D eigenvalue weighted by Crippen LogP contribution is -2.26. The Morgan fingerprint density at radius 1 is 1.17 bits per heavy atom.